The van der Waals surface area contributed by atoms with Crippen molar-refractivity contribution in [2.75, 3.05) is 6.61 Å². The number of fused-ring (bicyclic) bond motifs is 1. The first-order valence-electron chi connectivity index (χ1n) is 5.97. The standard InChI is InChI=1S/C12H17N3O2/c1-2-3-12(16)14-7-11-13-6-9-8-17-5-4-10(9)15-11/h6H,2-5,7-8H2,1H3,(H,14,16). The summed E-state index contributed by atoms with van der Waals surface area (Å²) in [6, 6.07) is 0. The summed E-state index contributed by atoms with van der Waals surface area (Å²) >= 11 is 0. The van der Waals surface area contributed by atoms with Gasteiger partial charge in [-0.25, -0.2) is 9.97 Å². The van der Waals surface area contributed by atoms with E-state index < -0.39 is 0 Å². The number of aromatic nitrogens is 2. The second kappa shape index (κ2) is 5.72. The third kappa shape index (κ3) is 3.23. The predicted molar refractivity (Wildman–Crippen MR) is 62.1 cm³/mol. The molecule has 1 aromatic heterocycles. The van der Waals surface area contributed by atoms with Gasteiger partial charge in [0.2, 0.25) is 5.91 Å². The highest BCUT2D eigenvalue weighted by molar-refractivity contribution is 5.75. The molecule has 0 aromatic carbocycles. The molecule has 0 saturated carbocycles. The molecular formula is C12H17N3O2. The Labute approximate surface area is 101 Å². The lowest BCUT2D eigenvalue weighted by Crippen LogP contribution is -2.24. The van der Waals surface area contributed by atoms with E-state index in [-0.39, 0.29) is 5.91 Å². The average Bonchev–Trinajstić information content (AvgIpc) is 2.36. The second-order valence-electron chi connectivity index (χ2n) is 4.09. The van der Waals surface area contributed by atoms with Crippen molar-refractivity contribution in [2.24, 2.45) is 0 Å². The zero-order chi connectivity index (χ0) is 12.1. The van der Waals surface area contributed by atoms with Crippen LogP contribution in [0.25, 0.3) is 0 Å². The number of carbonyl (C=O) groups is 1. The van der Waals surface area contributed by atoms with Gasteiger partial charge in [0.05, 0.1) is 25.5 Å². The van der Waals surface area contributed by atoms with Crippen LogP contribution in [0.4, 0.5) is 0 Å². The molecular weight excluding hydrogens is 218 g/mol. The Kier molecular flexibility index (Phi) is 4.03. The van der Waals surface area contributed by atoms with Crippen LogP contribution in [-0.2, 0) is 29.1 Å². The first-order valence-corrected chi connectivity index (χ1v) is 5.97. The predicted octanol–water partition coefficient (Wildman–Crippen LogP) is 0.966. The highest BCUT2D eigenvalue weighted by atomic mass is 16.5. The topological polar surface area (TPSA) is 64.1 Å². The summed E-state index contributed by atoms with van der Waals surface area (Å²) in [5.41, 5.74) is 2.10. The summed E-state index contributed by atoms with van der Waals surface area (Å²) in [6.07, 6.45) is 4.03. The summed E-state index contributed by atoms with van der Waals surface area (Å²) in [5, 5.41) is 2.81. The minimum Gasteiger partial charge on any atom is -0.376 e. The Morgan fingerprint density at radius 3 is 3.29 bits per heavy atom. The van der Waals surface area contributed by atoms with Crippen molar-refractivity contribution in [3.63, 3.8) is 0 Å². The van der Waals surface area contributed by atoms with Gasteiger partial charge in [-0.2, -0.15) is 0 Å². The van der Waals surface area contributed by atoms with Gasteiger partial charge in [-0.1, -0.05) is 6.92 Å². The normalized spacial score (nSPS) is 14.2. The molecule has 17 heavy (non-hydrogen) atoms. The van der Waals surface area contributed by atoms with Crippen LogP contribution in [0, 0.1) is 0 Å². The molecule has 1 aromatic rings. The molecule has 0 bridgehead atoms. The number of nitrogens with one attached hydrogen (secondary N) is 1. The molecule has 2 rings (SSSR count). The van der Waals surface area contributed by atoms with Crippen LogP contribution in [0.15, 0.2) is 6.20 Å². The lowest BCUT2D eigenvalue weighted by atomic mass is 10.1. The van der Waals surface area contributed by atoms with Gasteiger partial charge >= 0.3 is 0 Å². The van der Waals surface area contributed by atoms with Gasteiger partial charge in [0.25, 0.3) is 0 Å². The van der Waals surface area contributed by atoms with Crippen LogP contribution in [0.3, 0.4) is 0 Å². The van der Waals surface area contributed by atoms with E-state index in [1.54, 1.807) is 6.20 Å². The van der Waals surface area contributed by atoms with Crippen molar-refractivity contribution in [2.45, 2.75) is 39.3 Å². The van der Waals surface area contributed by atoms with E-state index in [9.17, 15) is 4.79 Å². The zero-order valence-corrected chi connectivity index (χ0v) is 10.0. The Morgan fingerprint density at radius 1 is 1.59 bits per heavy atom. The monoisotopic (exact) mass is 235 g/mol. The minimum atomic E-state index is 0.0529. The van der Waals surface area contributed by atoms with Crippen LogP contribution in [0.1, 0.15) is 36.8 Å². The number of carbonyl (C=O) groups excluding carboxylic acids is 1. The molecule has 0 saturated heterocycles. The summed E-state index contributed by atoms with van der Waals surface area (Å²) in [5.74, 6) is 0.729. The van der Waals surface area contributed by atoms with Crippen LogP contribution in [0.5, 0.6) is 0 Å². The quantitative estimate of drug-likeness (QED) is 0.844. The van der Waals surface area contributed by atoms with E-state index in [4.69, 9.17) is 4.74 Å². The molecule has 0 spiro atoms. The van der Waals surface area contributed by atoms with Gasteiger partial charge in [0.1, 0.15) is 5.82 Å². The Morgan fingerprint density at radius 2 is 2.47 bits per heavy atom. The lowest BCUT2D eigenvalue weighted by Gasteiger charge is -2.15. The van der Waals surface area contributed by atoms with Gasteiger partial charge in [-0.05, 0) is 6.42 Å². The van der Waals surface area contributed by atoms with E-state index >= 15 is 0 Å². The Bertz CT molecular complexity index is 407. The third-order valence-corrected chi connectivity index (χ3v) is 2.67. The maximum Gasteiger partial charge on any atom is 0.220 e. The molecule has 5 heteroatoms. The van der Waals surface area contributed by atoms with Crippen LogP contribution >= 0.6 is 0 Å². The average molecular weight is 235 g/mol. The number of amides is 1. The second-order valence-corrected chi connectivity index (χ2v) is 4.09. The molecule has 5 nitrogen and oxygen atoms in total. The molecule has 2 heterocycles. The van der Waals surface area contributed by atoms with E-state index in [1.165, 1.54) is 0 Å². The molecule has 1 aliphatic heterocycles. The van der Waals surface area contributed by atoms with Crippen molar-refractivity contribution in [1.82, 2.24) is 15.3 Å². The fourth-order valence-corrected chi connectivity index (χ4v) is 1.75. The minimum absolute atomic E-state index is 0.0529. The number of rotatable bonds is 4. The molecule has 0 unspecified atom stereocenters. The molecule has 1 aliphatic rings. The first kappa shape index (κ1) is 12.0. The van der Waals surface area contributed by atoms with E-state index in [0.717, 1.165) is 24.1 Å². The Hall–Kier alpha value is -1.49. The maximum atomic E-state index is 11.3. The molecule has 92 valence electrons. The van der Waals surface area contributed by atoms with Gasteiger partial charge < -0.3 is 10.1 Å². The number of hydrogen-bond donors (Lipinski definition) is 1. The van der Waals surface area contributed by atoms with Crippen LogP contribution in [-0.4, -0.2) is 22.5 Å². The number of nitrogens with zero attached hydrogens (tertiary/aromatic N) is 2. The van der Waals surface area contributed by atoms with E-state index in [0.29, 0.717) is 32.0 Å². The number of ether oxygens (including phenoxy) is 1. The van der Waals surface area contributed by atoms with Gasteiger partial charge in [0.15, 0.2) is 0 Å². The molecule has 1 N–H and O–H groups in total. The third-order valence-electron chi connectivity index (χ3n) is 2.67. The zero-order valence-electron chi connectivity index (χ0n) is 10.0. The van der Waals surface area contributed by atoms with Crippen molar-refractivity contribution < 1.29 is 9.53 Å². The van der Waals surface area contributed by atoms with Crippen molar-refractivity contribution in [1.29, 1.82) is 0 Å². The van der Waals surface area contributed by atoms with Crippen LogP contribution in [0.2, 0.25) is 0 Å². The van der Waals surface area contributed by atoms with Crippen LogP contribution < -0.4 is 5.32 Å². The van der Waals surface area contributed by atoms with E-state index in [2.05, 4.69) is 15.3 Å². The lowest BCUT2D eigenvalue weighted by molar-refractivity contribution is -0.121. The summed E-state index contributed by atoms with van der Waals surface area (Å²) < 4.78 is 5.32. The molecule has 0 aliphatic carbocycles. The van der Waals surface area contributed by atoms with Crippen molar-refractivity contribution in [3.8, 4) is 0 Å². The van der Waals surface area contributed by atoms with Crippen molar-refractivity contribution in [3.05, 3.63) is 23.3 Å². The number of hydrogen-bond acceptors (Lipinski definition) is 4. The highest BCUT2D eigenvalue weighted by Gasteiger charge is 2.12. The molecule has 0 radical (unpaired) electrons. The Balaban J connectivity index is 1.95. The summed E-state index contributed by atoms with van der Waals surface area (Å²) in [4.78, 5) is 20.0. The SMILES string of the molecule is CCCC(=O)NCc1ncc2c(n1)CCOC2. The van der Waals surface area contributed by atoms with Crippen molar-refractivity contribution >= 4 is 5.91 Å². The fourth-order valence-electron chi connectivity index (χ4n) is 1.75. The van der Waals surface area contributed by atoms with Gasteiger partial charge in [0, 0.05) is 24.6 Å². The van der Waals surface area contributed by atoms with Gasteiger partial charge in [-0.3, -0.25) is 4.79 Å². The molecule has 0 atom stereocenters. The summed E-state index contributed by atoms with van der Waals surface area (Å²) in [7, 11) is 0. The smallest absolute Gasteiger partial charge is 0.220 e. The maximum absolute atomic E-state index is 11.3. The summed E-state index contributed by atoms with van der Waals surface area (Å²) in [6.45, 7) is 3.70. The molecule has 0 fully saturated rings. The van der Waals surface area contributed by atoms with E-state index in [1.807, 2.05) is 6.92 Å². The highest BCUT2D eigenvalue weighted by Crippen LogP contribution is 2.13. The fraction of sp³-hybridized carbons (Fsp3) is 0.583. The largest absolute Gasteiger partial charge is 0.376 e. The van der Waals surface area contributed by atoms with Gasteiger partial charge in [-0.15, -0.1) is 0 Å². The molecule has 1 amide bonds. The first-order chi connectivity index (χ1) is 8.29.